The van der Waals surface area contributed by atoms with Gasteiger partial charge in [-0.1, -0.05) is 25.1 Å². The Morgan fingerprint density at radius 3 is 2.86 bits per heavy atom. The van der Waals surface area contributed by atoms with Crippen LogP contribution in [0.1, 0.15) is 36.3 Å². The second-order valence-electron chi connectivity index (χ2n) is 6.25. The predicted molar refractivity (Wildman–Crippen MR) is 84.8 cm³/mol. The van der Waals surface area contributed by atoms with Gasteiger partial charge in [-0.25, -0.2) is 0 Å². The van der Waals surface area contributed by atoms with Crippen LogP contribution in [-0.4, -0.2) is 50.8 Å². The van der Waals surface area contributed by atoms with Crippen LogP contribution in [0.2, 0.25) is 0 Å². The summed E-state index contributed by atoms with van der Waals surface area (Å²) in [6, 6.07) is 7.87. The highest BCUT2D eigenvalue weighted by molar-refractivity contribution is 6.01. The minimum atomic E-state index is -1.12. The molecule has 22 heavy (non-hydrogen) atoms. The summed E-state index contributed by atoms with van der Waals surface area (Å²) in [5.41, 5.74) is 1.43. The van der Waals surface area contributed by atoms with Crippen molar-refractivity contribution >= 4 is 16.8 Å². The number of hydrogen-bond acceptors (Lipinski definition) is 3. The molecule has 1 aliphatic heterocycles. The molecule has 0 saturated carbocycles. The fourth-order valence-electron chi connectivity index (χ4n) is 3.12. The SMILES string of the molecule is CCc1c(C(=O)N2CC[C@](C)(O)[C@@H](O)C2)[nH]c2ccccc12. The zero-order valence-electron chi connectivity index (χ0n) is 13.0. The quantitative estimate of drug-likeness (QED) is 0.790. The molecular formula is C17H22N2O3. The van der Waals surface area contributed by atoms with Gasteiger partial charge in [-0.3, -0.25) is 4.79 Å². The van der Waals surface area contributed by atoms with Gasteiger partial charge in [-0.15, -0.1) is 0 Å². The van der Waals surface area contributed by atoms with E-state index in [2.05, 4.69) is 4.98 Å². The molecule has 3 N–H and O–H groups in total. The number of para-hydroxylation sites is 1. The van der Waals surface area contributed by atoms with E-state index in [1.807, 2.05) is 31.2 Å². The Hall–Kier alpha value is -1.85. The molecular weight excluding hydrogens is 280 g/mol. The molecule has 0 aliphatic carbocycles. The van der Waals surface area contributed by atoms with Crippen LogP contribution in [0, 0.1) is 0 Å². The lowest BCUT2D eigenvalue weighted by atomic mass is 9.90. The second-order valence-corrected chi connectivity index (χ2v) is 6.25. The molecule has 0 spiro atoms. The van der Waals surface area contributed by atoms with Crippen molar-refractivity contribution in [3.8, 4) is 0 Å². The maximum Gasteiger partial charge on any atom is 0.270 e. The highest BCUT2D eigenvalue weighted by Gasteiger charge is 2.38. The normalized spacial score (nSPS) is 25.6. The van der Waals surface area contributed by atoms with Crippen LogP contribution in [0.3, 0.4) is 0 Å². The lowest BCUT2D eigenvalue weighted by Gasteiger charge is -2.39. The summed E-state index contributed by atoms with van der Waals surface area (Å²) >= 11 is 0. The molecule has 5 heteroatoms. The third-order valence-electron chi connectivity index (χ3n) is 4.67. The number of aromatic amines is 1. The van der Waals surface area contributed by atoms with Crippen molar-refractivity contribution in [2.45, 2.75) is 38.4 Å². The number of H-pyrrole nitrogens is 1. The molecule has 1 fully saturated rings. The van der Waals surface area contributed by atoms with Crippen molar-refractivity contribution in [1.82, 2.24) is 9.88 Å². The number of aliphatic hydroxyl groups excluding tert-OH is 1. The number of likely N-dealkylation sites (tertiary alicyclic amines) is 1. The molecule has 2 atom stereocenters. The number of β-amino-alcohol motifs (C(OH)–C–C–N with tert-alkyl or cyclic N) is 1. The van der Waals surface area contributed by atoms with Crippen LogP contribution in [-0.2, 0) is 6.42 Å². The summed E-state index contributed by atoms with van der Waals surface area (Å²) in [6.45, 7) is 4.24. The van der Waals surface area contributed by atoms with E-state index >= 15 is 0 Å². The number of benzene rings is 1. The van der Waals surface area contributed by atoms with E-state index in [0.29, 0.717) is 18.7 Å². The van der Waals surface area contributed by atoms with Crippen molar-refractivity contribution < 1.29 is 15.0 Å². The molecule has 3 rings (SSSR count). The molecule has 0 unspecified atom stereocenters. The number of rotatable bonds is 2. The van der Waals surface area contributed by atoms with Gasteiger partial charge in [-0.2, -0.15) is 0 Å². The number of piperidine rings is 1. The molecule has 1 saturated heterocycles. The molecule has 1 aliphatic rings. The third-order valence-corrected chi connectivity index (χ3v) is 4.67. The van der Waals surface area contributed by atoms with Gasteiger partial charge in [0.1, 0.15) is 5.69 Å². The van der Waals surface area contributed by atoms with Gasteiger partial charge in [0, 0.05) is 24.0 Å². The first-order valence-corrected chi connectivity index (χ1v) is 7.73. The van der Waals surface area contributed by atoms with Gasteiger partial charge in [0.25, 0.3) is 5.91 Å². The number of aliphatic hydroxyl groups is 2. The highest BCUT2D eigenvalue weighted by Crippen LogP contribution is 2.27. The Morgan fingerprint density at radius 1 is 1.45 bits per heavy atom. The van der Waals surface area contributed by atoms with Crippen LogP contribution in [0.25, 0.3) is 10.9 Å². The Bertz CT molecular complexity index is 705. The predicted octanol–water partition coefficient (Wildman–Crippen LogP) is 1.69. The minimum Gasteiger partial charge on any atom is -0.388 e. The molecule has 118 valence electrons. The first-order chi connectivity index (χ1) is 10.4. The average molecular weight is 302 g/mol. The van der Waals surface area contributed by atoms with Crippen molar-refractivity contribution in [3.63, 3.8) is 0 Å². The van der Waals surface area contributed by atoms with E-state index in [1.54, 1.807) is 11.8 Å². The summed E-state index contributed by atoms with van der Waals surface area (Å²) in [4.78, 5) is 17.6. The van der Waals surface area contributed by atoms with Crippen LogP contribution in [0.15, 0.2) is 24.3 Å². The number of amides is 1. The Balaban J connectivity index is 1.93. The molecule has 2 heterocycles. The van der Waals surface area contributed by atoms with Gasteiger partial charge in [0.2, 0.25) is 0 Å². The topological polar surface area (TPSA) is 76.6 Å². The fourth-order valence-corrected chi connectivity index (χ4v) is 3.12. The smallest absolute Gasteiger partial charge is 0.270 e. The number of aromatic nitrogens is 1. The summed E-state index contributed by atoms with van der Waals surface area (Å²) in [5, 5.41) is 21.1. The lowest BCUT2D eigenvalue weighted by Crippen LogP contribution is -2.55. The van der Waals surface area contributed by atoms with Crippen LogP contribution < -0.4 is 0 Å². The molecule has 1 amide bonds. The van der Waals surface area contributed by atoms with Crippen LogP contribution in [0.4, 0.5) is 0 Å². The number of nitrogens with zero attached hydrogens (tertiary/aromatic N) is 1. The van der Waals surface area contributed by atoms with E-state index in [-0.39, 0.29) is 12.5 Å². The van der Waals surface area contributed by atoms with Crippen LogP contribution >= 0.6 is 0 Å². The molecule has 5 nitrogen and oxygen atoms in total. The van der Waals surface area contributed by atoms with Gasteiger partial charge in [0.15, 0.2) is 0 Å². The number of fused-ring (bicyclic) bond motifs is 1. The zero-order valence-corrected chi connectivity index (χ0v) is 13.0. The van der Waals surface area contributed by atoms with Gasteiger partial charge >= 0.3 is 0 Å². The number of hydrogen-bond donors (Lipinski definition) is 3. The van der Waals surface area contributed by atoms with Gasteiger partial charge in [0.05, 0.1) is 11.7 Å². The Kier molecular flexibility index (Phi) is 3.70. The number of carbonyl (C=O) groups is 1. The highest BCUT2D eigenvalue weighted by atomic mass is 16.3. The van der Waals surface area contributed by atoms with Crippen molar-refractivity contribution in [3.05, 3.63) is 35.5 Å². The zero-order chi connectivity index (χ0) is 15.9. The van der Waals surface area contributed by atoms with E-state index in [1.165, 1.54) is 0 Å². The Morgan fingerprint density at radius 2 is 2.18 bits per heavy atom. The van der Waals surface area contributed by atoms with Gasteiger partial charge in [-0.05, 0) is 31.4 Å². The van der Waals surface area contributed by atoms with Crippen molar-refractivity contribution in [2.24, 2.45) is 0 Å². The van der Waals surface area contributed by atoms with E-state index in [4.69, 9.17) is 0 Å². The molecule has 0 bridgehead atoms. The number of nitrogens with one attached hydrogen (secondary N) is 1. The molecule has 1 aromatic heterocycles. The third kappa shape index (κ3) is 2.40. The molecule has 0 radical (unpaired) electrons. The lowest BCUT2D eigenvalue weighted by molar-refractivity contribution is -0.0999. The minimum absolute atomic E-state index is 0.109. The monoisotopic (exact) mass is 302 g/mol. The van der Waals surface area contributed by atoms with E-state index in [9.17, 15) is 15.0 Å². The number of aryl methyl sites for hydroxylation is 1. The van der Waals surface area contributed by atoms with Crippen molar-refractivity contribution in [1.29, 1.82) is 0 Å². The first kappa shape index (κ1) is 15.1. The maximum absolute atomic E-state index is 12.8. The van der Waals surface area contributed by atoms with Crippen molar-refractivity contribution in [2.75, 3.05) is 13.1 Å². The van der Waals surface area contributed by atoms with Gasteiger partial charge < -0.3 is 20.1 Å². The summed E-state index contributed by atoms with van der Waals surface area (Å²) < 4.78 is 0. The average Bonchev–Trinajstić information content (AvgIpc) is 2.87. The molecule has 1 aromatic carbocycles. The maximum atomic E-state index is 12.8. The summed E-state index contributed by atoms with van der Waals surface area (Å²) in [5.74, 6) is -0.109. The second kappa shape index (κ2) is 5.41. The fraction of sp³-hybridized carbons (Fsp3) is 0.471. The molecule has 2 aromatic rings. The van der Waals surface area contributed by atoms with Crippen LogP contribution in [0.5, 0.6) is 0 Å². The largest absolute Gasteiger partial charge is 0.388 e. The Labute approximate surface area is 129 Å². The first-order valence-electron chi connectivity index (χ1n) is 7.73. The summed E-state index contributed by atoms with van der Waals surface area (Å²) in [6.07, 6.45) is 0.223. The number of carbonyl (C=O) groups excluding carboxylic acids is 1. The van der Waals surface area contributed by atoms with E-state index in [0.717, 1.165) is 22.9 Å². The summed E-state index contributed by atoms with van der Waals surface area (Å²) in [7, 11) is 0. The standard InChI is InChI=1S/C17H22N2O3/c1-3-11-12-6-4-5-7-13(12)18-15(11)16(21)19-9-8-17(2,22)14(20)10-19/h4-7,14,18,20,22H,3,8-10H2,1-2H3/t14-,17-/m0/s1. The van der Waals surface area contributed by atoms with E-state index < -0.39 is 11.7 Å².